The predicted molar refractivity (Wildman–Crippen MR) is 147 cm³/mol. The molecule has 0 aliphatic rings. The Bertz CT molecular complexity index is 1530. The molecule has 0 radical (unpaired) electrons. The monoisotopic (exact) mass is 552 g/mol. The molecule has 0 bridgehead atoms. The Morgan fingerprint density at radius 1 is 0.769 bits per heavy atom. The van der Waals surface area contributed by atoms with E-state index in [0.29, 0.717) is 0 Å². The number of benzene rings is 3. The molecule has 4 nitrogen and oxygen atoms in total. The van der Waals surface area contributed by atoms with Gasteiger partial charge in [-0.2, -0.15) is 17.9 Å². The van der Waals surface area contributed by atoms with Crippen molar-refractivity contribution in [2.24, 2.45) is 0 Å². The lowest BCUT2D eigenvalue weighted by Gasteiger charge is -2.35. The van der Waals surface area contributed by atoms with Gasteiger partial charge < -0.3 is 0 Å². The van der Waals surface area contributed by atoms with Crippen LogP contribution in [0.25, 0.3) is 0 Å². The molecule has 1 atom stereocenters. The van der Waals surface area contributed by atoms with Crippen LogP contribution in [0.1, 0.15) is 54.3 Å². The number of pyridine rings is 1. The summed E-state index contributed by atoms with van der Waals surface area (Å²) in [5.41, 5.74) is 0.223. The van der Waals surface area contributed by atoms with Gasteiger partial charge >= 0.3 is 6.18 Å². The summed E-state index contributed by atoms with van der Waals surface area (Å²) in [5.74, 6) is 0. The molecule has 1 heterocycles. The van der Waals surface area contributed by atoms with Crippen LogP contribution in [0.3, 0.4) is 0 Å². The number of nitrogens with zero attached hydrogens (tertiary/aromatic N) is 1. The van der Waals surface area contributed by atoms with Crippen LogP contribution >= 0.6 is 0 Å². The highest BCUT2D eigenvalue weighted by atomic mass is 32.2. The molecular weight excluding hydrogens is 521 g/mol. The first-order chi connectivity index (χ1) is 18.2. The van der Waals surface area contributed by atoms with Crippen LogP contribution in [-0.2, 0) is 33.6 Å². The van der Waals surface area contributed by atoms with E-state index in [1.54, 1.807) is 42.6 Å². The van der Waals surface area contributed by atoms with Gasteiger partial charge in [0.15, 0.2) is 0 Å². The highest BCUT2D eigenvalue weighted by molar-refractivity contribution is 7.89. The third kappa shape index (κ3) is 6.40. The summed E-state index contributed by atoms with van der Waals surface area (Å²) in [6.07, 6.45) is -3.00. The maximum absolute atomic E-state index is 13.9. The van der Waals surface area contributed by atoms with Crippen molar-refractivity contribution in [1.82, 2.24) is 9.71 Å². The molecule has 204 valence electrons. The zero-order chi connectivity index (χ0) is 28.5. The number of halogens is 3. The van der Waals surface area contributed by atoms with Crippen LogP contribution in [0.2, 0.25) is 0 Å². The summed E-state index contributed by atoms with van der Waals surface area (Å²) in [7, 11) is -4.23. The molecule has 1 N–H and O–H groups in total. The second-order valence-corrected chi connectivity index (χ2v) is 12.4. The van der Waals surface area contributed by atoms with Gasteiger partial charge in [0.1, 0.15) is 5.54 Å². The highest BCUT2D eigenvalue weighted by Gasteiger charge is 2.42. The Hall–Kier alpha value is -3.49. The van der Waals surface area contributed by atoms with E-state index in [1.165, 1.54) is 24.3 Å². The molecule has 8 heteroatoms. The molecule has 4 rings (SSSR count). The number of rotatable bonds is 7. The predicted octanol–water partition coefficient (Wildman–Crippen LogP) is 7.17. The van der Waals surface area contributed by atoms with Crippen molar-refractivity contribution in [2.45, 2.75) is 56.1 Å². The molecule has 0 fully saturated rings. The van der Waals surface area contributed by atoms with Gasteiger partial charge in [0.25, 0.3) is 0 Å². The quantitative estimate of drug-likeness (QED) is 0.264. The number of hydrogen-bond acceptors (Lipinski definition) is 3. The number of hydrogen-bond donors (Lipinski definition) is 1. The fraction of sp³-hybridized carbons (Fsp3) is 0.258. The van der Waals surface area contributed by atoms with Crippen LogP contribution in [-0.4, -0.2) is 13.4 Å². The molecule has 0 saturated carbocycles. The summed E-state index contributed by atoms with van der Waals surface area (Å²) in [6.45, 7) is 7.91. The molecule has 0 saturated heterocycles. The zero-order valence-corrected chi connectivity index (χ0v) is 23.1. The van der Waals surface area contributed by atoms with Crippen molar-refractivity contribution >= 4 is 10.0 Å². The molecule has 1 aromatic heterocycles. The van der Waals surface area contributed by atoms with Crippen molar-refractivity contribution in [3.63, 3.8) is 0 Å². The smallest absolute Gasteiger partial charge is 0.259 e. The summed E-state index contributed by atoms with van der Waals surface area (Å²) in [4.78, 5) is 4.54. The second-order valence-electron chi connectivity index (χ2n) is 10.7. The molecule has 0 aliphatic carbocycles. The van der Waals surface area contributed by atoms with E-state index < -0.39 is 27.3 Å². The maximum Gasteiger partial charge on any atom is 0.416 e. The Morgan fingerprint density at radius 3 is 1.97 bits per heavy atom. The summed E-state index contributed by atoms with van der Waals surface area (Å²) >= 11 is 0. The molecule has 0 amide bonds. The number of alkyl halides is 3. The van der Waals surface area contributed by atoms with Crippen molar-refractivity contribution in [3.8, 4) is 0 Å². The first-order valence-electron chi connectivity index (χ1n) is 12.5. The molecule has 0 aliphatic heterocycles. The van der Waals surface area contributed by atoms with Gasteiger partial charge in [0.05, 0.1) is 16.2 Å². The Kier molecular flexibility index (Phi) is 7.74. The number of nitrogens with one attached hydrogen (secondary N) is 1. The molecule has 1 unspecified atom stereocenters. The largest absolute Gasteiger partial charge is 0.416 e. The average molecular weight is 553 g/mol. The van der Waals surface area contributed by atoms with E-state index in [0.717, 1.165) is 28.8 Å². The van der Waals surface area contributed by atoms with Crippen molar-refractivity contribution in [3.05, 3.63) is 131 Å². The standard InChI is InChI=1S/C31H31F3N2O2S/c1-22-13-18-28(35-21-22)30(20-23-9-6-5-7-10-23,25-11-8-12-26(19-25)31(32,33)34)36-39(37,38)27-16-14-24(15-17-27)29(2,3)4/h5-19,21,36H,20H2,1-4H3. The summed E-state index contributed by atoms with van der Waals surface area (Å²) in [5, 5.41) is 0. The van der Waals surface area contributed by atoms with Gasteiger partial charge in [0, 0.05) is 12.6 Å². The average Bonchev–Trinajstić information content (AvgIpc) is 2.88. The third-order valence-electron chi connectivity index (χ3n) is 6.68. The Morgan fingerprint density at radius 2 is 1.41 bits per heavy atom. The minimum Gasteiger partial charge on any atom is -0.259 e. The van der Waals surface area contributed by atoms with Crippen molar-refractivity contribution in [1.29, 1.82) is 0 Å². The zero-order valence-electron chi connectivity index (χ0n) is 22.3. The van der Waals surface area contributed by atoms with E-state index in [-0.39, 0.29) is 28.0 Å². The van der Waals surface area contributed by atoms with Crippen LogP contribution in [0.5, 0.6) is 0 Å². The SMILES string of the molecule is Cc1ccc(C(Cc2ccccc2)(NS(=O)(=O)c2ccc(C(C)(C)C)cc2)c2cccc(C(F)(F)F)c2)nc1. The van der Waals surface area contributed by atoms with Gasteiger partial charge in [-0.25, -0.2) is 8.42 Å². The van der Waals surface area contributed by atoms with E-state index in [1.807, 2.05) is 45.9 Å². The number of aromatic nitrogens is 1. The molecule has 4 aromatic rings. The minimum atomic E-state index is -4.61. The van der Waals surface area contributed by atoms with Gasteiger partial charge in [-0.15, -0.1) is 0 Å². The van der Waals surface area contributed by atoms with Crippen LogP contribution in [0.4, 0.5) is 13.2 Å². The van der Waals surface area contributed by atoms with E-state index in [9.17, 15) is 21.6 Å². The fourth-order valence-corrected chi connectivity index (χ4v) is 5.86. The van der Waals surface area contributed by atoms with Gasteiger partial charge in [-0.1, -0.05) is 81.4 Å². The maximum atomic E-state index is 13.9. The fourth-order valence-electron chi connectivity index (χ4n) is 4.49. The van der Waals surface area contributed by atoms with Crippen molar-refractivity contribution < 1.29 is 21.6 Å². The Balaban J connectivity index is 1.95. The van der Waals surface area contributed by atoms with E-state index in [4.69, 9.17) is 0 Å². The Labute approximate surface area is 228 Å². The van der Waals surface area contributed by atoms with Gasteiger partial charge in [0.2, 0.25) is 10.0 Å². The second kappa shape index (κ2) is 10.6. The number of aryl methyl sites for hydroxylation is 1. The minimum absolute atomic E-state index is 0.00650. The van der Waals surface area contributed by atoms with E-state index >= 15 is 0 Å². The lowest BCUT2D eigenvalue weighted by Crippen LogP contribution is -2.49. The van der Waals surface area contributed by atoms with Gasteiger partial charge in [-0.05, 0) is 64.9 Å². The lowest BCUT2D eigenvalue weighted by atomic mass is 9.81. The molecule has 0 spiro atoms. The topological polar surface area (TPSA) is 59.1 Å². The van der Waals surface area contributed by atoms with E-state index in [2.05, 4.69) is 9.71 Å². The highest BCUT2D eigenvalue weighted by Crippen LogP contribution is 2.38. The third-order valence-corrected chi connectivity index (χ3v) is 8.19. The van der Waals surface area contributed by atoms with Crippen LogP contribution in [0, 0.1) is 6.92 Å². The van der Waals surface area contributed by atoms with Gasteiger partial charge in [-0.3, -0.25) is 4.98 Å². The van der Waals surface area contributed by atoms with Crippen LogP contribution < -0.4 is 4.72 Å². The molecule has 3 aromatic carbocycles. The number of sulfonamides is 1. The first-order valence-corrected chi connectivity index (χ1v) is 14.0. The molecular formula is C31H31F3N2O2S. The normalized spacial score (nSPS) is 14.1. The van der Waals surface area contributed by atoms with Crippen LogP contribution in [0.15, 0.2) is 102 Å². The summed E-state index contributed by atoms with van der Waals surface area (Å²) in [6, 6.07) is 23.8. The lowest BCUT2D eigenvalue weighted by molar-refractivity contribution is -0.137. The summed E-state index contributed by atoms with van der Waals surface area (Å²) < 4.78 is 72.1. The van der Waals surface area contributed by atoms with Crippen molar-refractivity contribution in [2.75, 3.05) is 0 Å². The first kappa shape index (κ1) is 28.5. The molecule has 39 heavy (non-hydrogen) atoms.